The number of aromatic nitrogens is 4. The zero-order chi connectivity index (χ0) is 13.2. The molecule has 2 N–H and O–H groups in total. The molecule has 0 atom stereocenters. The molecule has 0 unspecified atom stereocenters. The van der Waals surface area contributed by atoms with Crippen LogP contribution in [0.1, 0.15) is 11.3 Å². The average Bonchev–Trinajstić information content (AvgIpc) is 2.81. The molecule has 0 saturated heterocycles. The lowest BCUT2D eigenvalue weighted by atomic mass is 10.2. The molecule has 0 aliphatic heterocycles. The Balaban J connectivity index is 1.83. The van der Waals surface area contributed by atoms with Crippen LogP contribution in [0.15, 0.2) is 30.6 Å². The number of aryl methyl sites for hydroxylation is 1. The molecule has 2 aromatic heterocycles. The summed E-state index contributed by atoms with van der Waals surface area (Å²) in [6.07, 6.45) is 1.54. The van der Waals surface area contributed by atoms with E-state index in [4.69, 9.17) is 11.6 Å². The third kappa shape index (κ3) is 2.37. The Kier molecular flexibility index (Phi) is 3.05. The number of H-pyrrole nitrogens is 1. The summed E-state index contributed by atoms with van der Waals surface area (Å²) in [6, 6.07) is 7.69. The number of anilines is 1. The molecule has 19 heavy (non-hydrogen) atoms. The van der Waals surface area contributed by atoms with Crippen molar-refractivity contribution in [2.75, 3.05) is 5.32 Å². The van der Waals surface area contributed by atoms with E-state index < -0.39 is 0 Å². The van der Waals surface area contributed by atoms with Crippen LogP contribution in [0.25, 0.3) is 11.0 Å². The number of nitrogens with zero attached hydrogens (tertiary/aromatic N) is 3. The molecule has 0 aliphatic rings. The van der Waals surface area contributed by atoms with Crippen molar-refractivity contribution >= 4 is 28.5 Å². The fraction of sp³-hybridized carbons (Fsp3) is 0.154. The van der Waals surface area contributed by atoms with E-state index in [0.717, 1.165) is 33.1 Å². The van der Waals surface area contributed by atoms with E-state index in [1.54, 1.807) is 0 Å². The number of aromatic amines is 1. The van der Waals surface area contributed by atoms with Gasteiger partial charge in [0.05, 0.1) is 5.69 Å². The molecule has 0 bridgehead atoms. The van der Waals surface area contributed by atoms with E-state index in [-0.39, 0.29) is 0 Å². The maximum atomic E-state index is 5.85. The first-order valence-electron chi connectivity index (χ1n) is 5.88. The van der Waals surface area contributed by atoms with E-state index in [1.807, 2.05) is 31.2 Å². The second-order valence-corrected chi connectivity index (χ2v) is 4.68. The van der Waals surface area contributed by atoms with Crippen LogP contribution in [0, 0.1) is 6.92 Å². The van der Waals surface area contributed by atoms with Gasteiger partial charge in [-0.3, -0.25) is 5.10 Å². The van der Waals surface area contributed by atoms with Gasteiger partial charge in [-0.05, 0) is 24.6 Å². The predicted molar refractivity (Wildman–Crippen MR) is 75.2 cm³/mol. The van der Waals surface area contributed by atoms with Crippen molar-refractivity contribution in [1.82, 2.24) is 20.2 Å². The van der Waals surface area contributed by atoms with E-state index in [2.05, 4.69) is 25.5 Å². The average molecular weight is 274 g/mol. The monoisotopic (exact) mass is 273 g/mol. The molecular weight excluding hydrogens is 262 g/mol. The first-order valence-corrected chi connectivity index (χ1v) is 6.26. The summed E-state index contributed by atoms with van der Waals surface area (Å²) >= 11 is 5.85. The molecule has 0 fully saturated rings. The molecule has 5 nitrogen and oxygen atoms in total. The van der Waals surface area contributed by atoms with Crippen molar-refractivity contribution in [3.05, 3.63) is 46.9 Å². The Morgan fingerprint density at radius 1 is 1.16 bits per heavy atom. The zero-order valence-corrected chi connectivity index (χ0v) is 11.1. The van der Waals surface area contributed by atoms with Crippen LogP contribution in [0.3, 0.4) is 0 Å². The molecule has 0 spiro atoms. The van der Waals surface area contributed by atoms with Crippen LogP contribution in [-0.4, -0.2) is 20.2 Å². The van der Waals surface area contributed by atoms with E-state index in [0.29, 0.717) is 6.54 Å². The molecule has 6 heteroatoms. The predicted octanol–water partition coefficient (Wildman–Crippen LogP) is 2.93. The first kappa shape index (κ1) is 11.9. The third-order valence-corrected chi connectivity index (χ3v) is 3.14. The molecule has 3 aromatic rings. The van der Waals surface area contributed by atoms with E-state index in [1.165, 1.54) is 6.33 Å². The quantitative estimate of drug-likeness (QED) is 0.770. The fourth-order valence-corrected chi connectivity index (χ4v) is 2.00. The van der Waals surface area contributed by atoms with Gasteiger partial charge in [0.1, 0.15) is 11.8 Å². The Hall–Kier alpha value is -2.14. The maximum absolute atomic E-state index is 5.85. The Morgan fingerprint density at radius 3 is 2.74 bits per heavy atom. The molecule has 0 amide bonds. The molecule has 0 aliphatic carbocycles. The second kappa shape index (κ2) is 4.85. The van der Waals surface area contributed by atoms with Crippen LogP contribution in [-0.2, 0) is 6.54 Å². The standard InChI is InChI=1S/C13H12ClN5/c1-8-11-12(19-18-8)13(17-7-16-11)15-6-9-2-4-10(14)5-3-9/h2-5,7H,6H2,1H3,(H,18,19)(H,15,16,17). The summed E-state index contributed by atoms with van der Waals surface area (Å²) in [5.74, 6) is 0.726. The Bertz CT molecular complexity index is 705. The van der Waals surface area contributed by atoms with Gasteiger partial charge in [0, 0.05) is 11.6 Å². The van der Waals surface area contributed by atoms with E-state index in [9.17, 15) is 0 Å². The lowest BCUT2D eigenvalue weighted by Crippen LogP contribution is -2.02. The van der Waals surface area contributed by atoms with Crippen LogP contribution in [0.2, 0.25) is 5.02 Å². The lowest BCUT2D eigenvalue weighted by Gasteiger charge is -2.05. The summed E-state index contributed by atoms with van der Waals surface area (Å²) < 4.78 is 0. The van der Waals surface area contributed by atoms with Crippen LogP contribution >= 0.6 is 11.6 Å². The summed E-state index contributed by atoms with van der Waals surface area (Å²) in [5.41, 5.74) is 3.66. The van der Waals surface area contributed by atoms with Gasteiger partial charge in [0.2, 0.25) is 0 Å². The highest BCUT2D eigenvalue weighted by molar-refractivity contribution is 6.30. The molecule has 0 radical (unpaired) electrons. The van der Waals surface area contributed by atoms with E-state index >= 15 is 0 Å². The molecular formula is C13H12ClN5. The Labute approximate surface area is 115 Å². The largest absolute Gasteiger partial charge is 0.364 e. The number of nitrogens with one attached hydrogen (secondary N) is 2. The van der Waals surface area contributed by atoms with Gasteiger partial charge in [-0.25, -0.2) is 9.97 Å². The summed E-state index contributed by atoms with van der Waals surface area (Å²) in [4.78, 5) is 8.43. The lowest BCUT2D eigenvalue weighted by molar-refractivity contribution is 1.06. The fourth-order valence-electron chi connectivity index (χ4n) is 1.87. The van der Waals surface area contributed by atoms with Crippen LogP contribution in [0.4, 0.5) is 5.82 Å². The van der Waals surface area contributed by atoms with Crippen molar-refractivity contribution in [2.24, 2.45) is 0 Å². The second-order valence-electron chi connectivity index (χ2n) is 4.25. The normalized spacial score (nSPS) is 10.8. The first-order chi connectivity index (χ1) is 9.24. The minimum absolute atomic E-state index is 0.662. The Morgan fingerprint density at radius 2 is 1.95 bits per heavy atom. The SMILES string of the molecule is Cc1[nH]nc2c(NCc3ccc(Cl)cc3)ncnc12. The van der Waals surface area contributed by atoms with Crippen LogP contribution < -0.4 is 5.32 Å². The zero-order valence-electron chi connectivity index (χ0n) is 10.3. The third-order valence-electron chi connectivity index (χ3n) is 2.89. The van der Waals surface area contributed by atoms with Gasteiger partial charge < -0.3 is 5.32 Å². The van der Waals surface area contributed by atoms with Crippen molar-refractivity contribution in [1.29, 1.82) is 0 Å². The highest BCUT2D eigenvalue weighted by atomic mass is 35.5. The number of hydrogen-bond donors (Lipinski definition) is 2. The number of rotatable bonds is 3. The number of benzene rings is 1. The molecule has 1 aromatic carbocycles. The number of fused-ring (bicyclic) bond motifs is 1. The van der Waals surface area contributed by atoms with Gasteiger partial charge >= 0.3 is 0 Å². The maximum Gasteiger partial charge on any atom is 0.158 e. The minimum atomic E-state index is 0.662. The van der Waals surface area contributed by atoms with Crippen molar-refractivity contribution < 1.29 is 0 Å². The van der Waals surface area contributed by atoms with Crippen molar-refractivity contribution in [3.63, 3.8) is 0 Å². The van der Waals surface area contributed by atoms with Crippen molar-refractivity contribution in [3.8, 4) is 0 Å². The van der Waals surface area contributed by atoms with Crippen LogP contribution in [0.5, 0.6) is 0 Å². The van der Waals surface area contributed by atoms with Gasteiger partial charge in [-0.15, -0.1) is 0 Å². The minimum Gasteiger partial charge on any atom is -0.364 e. The van der Waals surface area contributed by atoms with Gasteiger partial charge in [0.15, 0.2) is 11.3 Å². The number of hydrogen-bond acceptors (Lipinski definition) is 4. The van der Waals surface area contributed by atoms with Gasteiger partial charge in [-0.2, -0.15) is 5.10 Å². The highest BCUT2D eigenvalue weighted by Crippen LogP contribution is 2.19. The summed E-state index contributed by atoms with van der Waals surface area (Å²) in [7, 11) is 0. The molecule has 0 saturated carbocycles. The number of halogens is 1. The molecule has 96 valence electrons. The highest BCUT2D eigenvalue weighted by Gasteiger charge is 2.08. The molecule has 2 heterocycles. The topological polar surface area (TPSA) is 66.5 Å². The summed E-state index contributed by atoms with van der Waals surface area (Å²) in [5, 5.41) is 11.1. The smallest absolute Gasteiger partial charge is 0.158 e. The molecule has 3 rings (SSSR count). The van der Waals surface area contributed by atoms with Gasteiger partial charge in [0.25, 0.3) is 0 Å². The van der Waals surface area contributed by atoms with Gasteiger partial charge in [-0.1, -0.05) is 23.7 Å². The van der Waals surface area contributed by atoms with Crippen molar-refractivity contribution in [2.45, 2.75) is 13.5 Å². The summed E-state index contributed by atoms with van der Waals surface area (Å²) in [6.45, 7) is 2.60.